The highest BCUT2D eigenvalue weighted by molar-refractivity contribution is 5.92. The highest BCUT2D eigenvalue weighted by Gasteiger charge is 2.21. The molecule has 4 heteroatoms. The summed E-state index contributed by atoms with van der Waals surface area (Å²) in [5.74, 6) is 0.870. The number of benzene rings is 1. The quantitative estimate of drug-likeness (QED) is 0.671. The van der Waals surface area contributed by atoms with E-state index in [0.717, 1.165) is 36.2 Å². The topological polar surface area (TPSA) is 28.6 Å². The minimum Gasteiger partial charge on any atom is -0.497 e. The predicted molar refractivity (Wildman–Crippen MR) is 98.1 cm³/mol. The third-order valence-corrected chi connectivity index (χ3v) is 4.33. The summed E-state index contributed by atoms with van der Waals surface area (Å²) < 4.78 is 5.42. The largest absolute Gasteiger partial charge is 0.497 e. The summed E-state index contributed by atoms with van der Waals surface area (Å²) in [6, 6.07) is 8.65. The first-order valence-corrected chi connectivity index (χ1v) is 8.63. The van der Waals surface area contributed by atoms with Crippen molar-refractivity contribution < 1.29 is 4.74 Å². The lowest BCUT2D eigenvalue weighted by Crippen LogP contribution is -2.48. The Balaban J connectivity index is 2.58. The van der Waals surface area contributed by atoms with E-state index >= 15 is 0 Å². The van der Waals surface area contributed by atoms with Crippen LogP contribution in [0.1, 0.15) is 40.5 Å². The molecular weight excluding hydrogens is 286 g/mol. The first-order valence-electron chi connectivity index (χ1n) is 8.63. The number of anilines is 1. The lowest BCUT2D eigenvalue weighted by molar-refractivity contribution is 0.245. The molecule has 0 aliphatic heterocycles. The van der Waals surface area contributed by atoms with Crippen molar-refractivity contribution in [3.63, 3.8) is 0 Å². The number of hydrogen-bond donors (Lipinski definition) is 0. The molecule has 0 saturated carbocycles. The number of ether oxygens (including phenoxy) is 1. The molecule has 2 rings (SSSR count). The van der Waals surface area contributed by atoms with Crippen molar-refractivity contribution in [2.24, 2.45) is 0 Å². The molecule has 0 aliphatic carbocycles. The van der Waals surface area contributed by atoms with Gasteiger partial charge in [-0.1, -0.05) is 27.2 Å². The molecule has 0 bridgehead atoms. The van der Waals surface area contributed by atoms with Crippen LogP contribution in [0.3, 0.4) is 0 Å². The number of hydrogen-bond acceptors (Lipinski definition) is 4. The molecule has 2 aromatic rings. The highest BCUT2D eigenvalue weighted by atomic mass is 16.5. The molecule has 0 aliphatic rings. The van der Waals surface area contributed by atoms with Gasteiger partial charge in [0, 0.05) is 30.7 Å². The van der Waals surface area contributed by atoms with Gasteiger partial charge in [0.2, 0.25) is 0 Å². The summed E-state index contributed by atoms with van der Waals surface area (Å²) in [5, 5.41) is 5.98. The minimum absolute atomic E-state index is 0.441. The summed E-state index contributed by atoms with van der Waals surface area (Å²) in [6.45, 7) is 10.9. The monoisotopic (exact) mass is 315 g/mol. The van der Waals surface area contributed by atoms with Gasteiger partial charge in [-0.25, -0.2) is 5.01 Å². The molecule has 1 heterocycles. The van der Waals surface area contributed by atoms with Gasteiger partial charge in [0.1, 0.15) is 5.75 Å². The van der Waals surface area contributed by atoms with Crippen molar-refractivity contribution in [2.75, 3.05) is 25.2 Å². The molecule has 1 unspecified atom stereocenters. The molecule has 1 aromatic carbocycles. The third kappa shape index (κ3) is 3.75. The van der Waals surface area contributed by atoms with Crippen LogP contribution < -0.4 is 9.75 Å². The first kappa shape index (κ1) is 17.5. The van der Waals surface area contributed by atoms with E-state index in [4.69, 9.17) is 4.74 Å². The number of methoxy groups -OCH3 is 1. The van der Waals surface area contributed by atoms with Gasteiger partial charge in [-0.2, -0.15) is 0 Å². The molecular formula is C19H29N3O. The van der Waals surface area contributed by atoms with E-state index in [-0.39, 0.29) is 0 Å². The van der Waals surface area contributed by atoms with Crippen LogP contribution in [0.2, 0.25) is 0 Å². The Morgan fingerprint density at radius 1 is 1.13 bits per heavy atom. The molecule has 0 radical (unpaired) electrons. The van der Waals surface area contributed by atoms with Crippen LogP contribution in [0.5, 0.6) is 5.75 Å². The van der Waals surface area contributed by atoms with Gasteiger partial charge < -0.3 is 9.75 Å². The van der Waals surface area contributed by atoms with E-state index < -0.39 is 0 Å². The number of pyridine rings is 1. The summed E-state index contributed by atoms with van der Waals surface area (Å²) in [4.78, 5) is 4.52. The number of fused-ring (bicyclic) bond motifs is 1. The van der Waals surface area contributed by atoms with Crippen LogP contribution in [0.25, 0.3) is 10.9 Å². The molecule has 0 amide bonds. The zero-order chi connectivity index (χ0) is 16.8. The molecule has 23 heavy (non-hydrogen) atoms. The van der Waals surface area contributed by atoms with Gasteiger partial charge in [0.25, 0.3) is 0 Å². The maximum atomic E-state index is 5.42. The van der Waals surface area contributed by atoms with Crippen molar-refractivity contribution in [3.8, 4) is 5.75 Å². The SMILES string of the molecule is CCCC(C)N(c1ccnc2ccc(OC)cc12)N(CC)CC. The van der Waals surface area contributed by atoms with E-state index in [1.807, 2.05) is 18.3 Å². The summed E-state index contributed by atoms with van der Waals surface area (Å²) in [7, 11) is 1.71. The van der Waals surface area contributed by atoms with Crippen LogP contribution in [-0.2, 0) is 0 Å². The molecule has 0 fully saturated rings. The van der Waals surface area contributed by atoms with E-state index in [0.29, 0.717) is 6.04 Å². The molecule has 1 atom stereocenters. The van der Waals surface area contributed by atoms with Gasteiger partial charge in [-0.15, -0.1) is 0 Å². The van der Waals surface area contributed by atoms with Gasteiger partial charge in [0.05, 0.1) is 18.3 Å². The second kappa shape index (κ2) is 8.16. The Hall–Kier alpha value is -1.81. The van der Waals surface area contributed by atoms with Crippen molar-refractivity contribution in [1.82, 2.24) is 9.99 Å². The van der Waals surface area contributed by atoms with Crippen LogP contribution in [0, 0.1) is 0 Å². The summed E-state index contributed by atoms with van der Waals surface area (Å²) in [6.07, 6.45) is 4.23. The van der Waals surface area contributed by atoms with Crippen LogP contribution in [-0.4, -0.2) is 36.2 Å². The summed E-state index contributed by atoms with van der Waals surface area (Å²) in [5.41, 5.74) is 2.21. The molecule has 0 spiro atoms. The van der Waals surface area contributed by atoms with Crippen LogP contribution in [0.15, 0.2) is 30.5 Å². The Kier molecular flexibility index (Phi) is 6.22. The number of aromatic nitrogens is 1. The zero-order valence-corrected chi connectivity index (χ0v) is 15.0. The number of nitrogens with zero attached hydrogens (tertiary/aromatic N) is 3. The average Bonchev–Trinajstić information content (AvgIpc) is 2.58. The third-order valence-electron chi connectivity index (χ3n) is 4.33. The number of hydrazine groups is 1. The fraction of sp³-hybridized carbons (Fsp3) is 0.526. The predicted octanol–water partition coefficient (Wildman–Crippen LogP) is 4.50. The maximum absolute atomic E-state index is 5.42. The van der Waals surface area contributed by atoms with Gasteiger partial charge in [0.15, 0.2) is 0 Å². The van der Waals surface area contributed by atoms with Crippen LogP contribution in [0.4, 0.5) is 5.69 Å². The Morgan fingerprint density at radius 2 is 1.87 bits per heavy atom. The van der Waals surface area contributed by atoms with Crippen molar-refractivity contribution in [1.29, 1.82) is 0 Å². The van der Waals surface area contributed by atoms with E-state index in [1.54, 1.807) is 7.11 Å². The standard InChI is InChI=1S/C19H29N3O/c1-6-9-15(4)22(21(7-2)8-3)19-12-13-20-18-11-10-16(23-5)14-17(18)19/h10-15H,6-9H2,1-5H3. The molecule has 4 nitrogen and oxygen atoms in total. The Bertz CT molecular complexity index is 625. The lowest BCUT2D eigenvalue weighted by Gasteiger charge is -2.40. The smallest absolute Gasteiger partial charge is 0.119 e. The van der Waals surface area contributed by atoms with Crippen molar-refractivity contribution in [2.45, 2.75) is 46.6 Å². The summed E-state index contributed by atoms with van der Waals surface area (Å²) >= 11 is 0. The number of rotatable bonds is 8. The van der Waals surface area contributed by atoms with Crippen molar-refractivity contribution in [3.05, 3.63) is 30.5 Å². The second-order valence-electron chi connectivity index (χ2n) is 5.83. The second-order valence-corrected chi connectivity index (χ2v) is 5.83. The molecule has 1 aromatic heterocycles. The Morgan fingerprint density at radius 3 is 2.48 bits per heavy atom. The molecule has 126 valence electrons. The minimum atomic E-state index is 0.441. The maximum Gasteiger partial charge on any atom is 0.119 e. The van der Waals surface area contributed by atoms with Gasteiger partial charge in [-0.3, -0.25) is 4.98 Å². The average molecular weight is 315 g/mol. The first-order chi connectivity index (χ1) is 11.2. The highest BCUT2D eigenvalue weighted by Crippen LogP contribution is 2.31. The van der Waals surface area contributed by atoms with Crippen molar-refractivity contribution >= 4 is 16.6 Å². The van der Waals surface area contributed by atoms with E-state index in [9.17, 15) is 0 Å². The van der Waals surface area contributed by atoms with Crippen LogP contribution >= 0.6 is 0 Å². The zero-order valence-electron chi connectivity index (χ0n) is 15.0. The normalized spacial score (nSPS) is 12.6. The Labute approximate surface area is 140 Å². The molecule has 0 saturated heterocycles. The van der Waals surface area contributed by atoms with E-state index in [2.05, 4.69) is 54.8 Å². The fourth-order valence-electron chi connectivity index (χ4n) is 3.17. The molecule has 0 N–H and O–H groups in total. The fourth-order valence-corrected chi connectivity index (χ4v) is 3.17. The van der Waals surface area contributed by atoms with E-state index in [1.165, 1.54) is 12.1 Å². The van der Waals surface area contributed by atoms with Gasteiger partial charge >= 0.3 is 0 Å². The van der Waals surface area contributed by atoms with Gasteiger partial charge in [-0.05, 0) is 37.6 Å². The lowest BCUT2D eigenvalue weighted by atomic mass is 10.1.